The average molecular weight is 277 g/mol. The van der Waals surface area contributed by atoms with Crippen molar-refractivity contribution < 1.29 is 31.9 Å². The number of benzene rings is 1. The number of amides is 1. The zero-order valence-corrected chi connectivity index (χ0v) is 9.49. The topological polar surface area (TPSA) is 55.7 Å². The number of carbonyl (C=O) groups is 2. The minimum Gasteiger partial charge on any atom is -0.464 e. The second-order valence-electron chi connectivity index (χ2n) is 3.26. The molecule has 0 N–H and O–H groups in total. The van der Waals surface area contributed by atoms with Crippen LogP contribution in [0, 0.1) is 5.82 Å². The van der Waals surface area contributed by atoms with Crippen LogP contribution in [0.5, 0.6) is 0 Å². The van der Waals surface area contributed by atoms with E-state index in [9.17, 15) is 27.2 Å². The highest BCUT2D eigenvalue weighted by Crippen LogP contribution is 2.19. The average Bonchev–Trinajstić information content (AvgIpc) is 2.34. The molecule has 1 amide bonds. The number of rotatable bonds is 2. The molecule has 0 saturated carbocycles. The van der Waals surface area contributed by atoms with Crippen molar-refractivity contribution >= 4 is 17.6 Å². The van der Waals surface area contributed by atoms with E-state index in [-0.39, 0.29) is 5.56 Å². The zero-order chi connectivity index (χ0) is 14.6. The van der Waals surface area contributed by atoms with E-state index in [0.29, 0.717) is 0 Å². The van der Waals surface area contributed by atoms with Gasteiger partial charge >= 0.3 is 12.1 Å². The van der Waals surface area contributed by atoms with E-state index in [1.165, 1.54) is 0 Å². The summed E-state index contributed by atoms with van der Waals surface area (Å²) in [6.45, 7) is 0. The van der Waals surface area contributed by atoms with Crippen molar-refractivity contribution in [2.45, 2.75) is 6.18 Å². The minimum atomic E-state index is -5.12. The molecule has 8 heteroatoms. The lowest BCUT2D eigenvalue weighted by atomic mass is 10.2. The van der Waals surface area contributed by atoms with Crippen LogP contribution in [0.25, 0.3) is 0 Å². The third-order valence-corrected chi connectivity index (χ3v) is 1.95. The first-order chi connectivity index (χ1) is 8.75. The molecule has 0 fully saturated rings. The maximum atomic E-state index is 12.6. The molecule has 0 aromatic heterocycles. The lowest BCUT2D eigenvalue weighted by Crippen LogP contribution is -2.33. The largest absolute Gasteiger partial charge is 0.464 e. The van der Waals surface area contributed by atoms with E-state index in [0.717, 1.165) is 31.4 Å². The fourth-order valence-corrected chi connectivity index (χ4v) is 1.08. The van der Waals surface area contributed by atoms with Crippen LogP contribution >= 0.6 is 0 Å². The van der Waals surface area contributed by atoms with Gasteiger partial charge in [0.05, 0.1) is 7.11 Å². The minimum absolute atomic E-state index is 0.285. The zero-order valence-electron chi connectivity index (χ0n) is 9.49. The van der Waals surface area contributed by atoms with Crippen LogP contribution in [0.3, 0.4) is 0 Å². The third kappa shape index (κ3) is 3.87. The van der Waals surface area contributed by atoms with Gasteiger partial charge in [-0.3, -0.25) is 4.79 Å². The Morgan fingerprint density at radius 1 is 1.16 bits per heavy atom. The van der Waals surface area contributed by atoms with Crippen molar-refractivity contribution in [1.82, 2.24) is 0 Å². The lowest BCUT2D eigenvalue weighted by molar-refractivity contribution is -0.137. The Labute approximate surface area is 104 Å². The molecule has 0 aliphatic carbocycles. The van der Waals surface area contributed by atoms with Gasteiger partial charge < -0.3 is 4.74 Å². The quantitative estimate of drug-likeness (QED) is 0.473. The van der Waals surface area contributed by atoms with Gasteiger partial charge in [0.1, 0.15) is 5.82 Å². The van der Waals surface area contributed by atoms with E-state index in [2.05, 4.69) is 9.73 Å². The molecular weight excluding hydrogens is 270 g/mol. The standard InChI is InChI=1S/C11H7F4NO3/c1-19-10(18)8(11(13,14)15)16-9(17)6-2-4-7(12)5-3-6/h2-5H,1H3. The Morgan fingerprint density at radius 3 is 2.11 bits per heavy atom. The van der Waals surface area contributed by atoms with Crippen LogP contribution in [0.2, 0.25) is 0 Å². The summed E-state index contributed by atoms with van der Waals surface area (Å²) in [6.07, 6.45) is -5.12. The van der Waals surface area contributed by atoms with Crippen molar-refractivity contribution in [1.29, 1.82) is 0 Å². The second-order valence-corrected chi connectivity index (χ2v) is 3.26. The summed E-state index contributed by atoms with van der Waals surface area (Å²) in [5.74, 6) is -3.76. The molecule has 19 heavy (non-hydrogen) atoms. The van der Waals surface area contributed by atoms with Gasteiger partial charge in [-0.25, -0.2) is 9.18 Å². The van der Waals surface area contributed by atoms with Crippen LogP contribution in [-0.2, 0) is 9.53 Å². The fourth-order valence-electron chi connectivity index (χ4n) is 1.08. The van der Waals surface area contributed by atoms with Crippen molar-refractivity contribution in [2.24, 2.45) is 4.99 Å². The maximum Gasteiger partial charge on any atom is 0.440 e. The number of halogens is 4. The highest BCUT2D eigenvalue weighted by Gasteiger charge is 2.42. The molecule has 1 aromatic rings. The normalized spacial score (nSPS) is 12.2. The summed E-state index contributed by atoms with van der Waals surface area (Å²) in [4.78, 5) is 25.0. The number of methoxy groups -OCH3 is 1. The molecule has 0 spiro atoms. The molecule has 1 rings (SSSR count). The molecule has 102 valence electrons. The van der Waals surface area contributed by atoms with Gasteiger partial charge in [-0.2, -0.15) is 18.2 Å². The van der Waals surface area contributed by atoms with Crippen LogP contribution in [0.15, 0.2) is 29.3 Å². The van der Waals surface area contributed by atoms with Gasteiger partial charge in [-0.05, 0) is 24.3 Å². The molecule has 4 nitrogen and oxygen atoms in total. The van der Waals surface area contributed by atoms with Crippen LogP contribution < -0.4 is 0 Å². The van der Waals surface area contributed by atoms with Crippen molar-refractivity contribution in [3.8, 4) is 0 Å². The first kappa shape index (κ1) is 14.8. The van der Waals surface area contributed by atoms with Gasteiger partial charge in [0.2, 0.25) is 5.71 Å². The molecule has 0 bridgehead atoms. The van der Waals surface area contributed by atoms with E-state index in [4.69, 9.17) is 0 Å². The van der Waals surface area contributed by atoms with Crippen molar-refractivity contribution in [3.05, 3.63) is 35.6 Å². The predicted molar refractivity (Wildman–Crippen MR) is 56.2 cm³/mol. The summed E-state index contributed by atoms with van der Waals surface area (Å²) >= 11 is 0. The SMILES string of the molecule is COC(=O)C(=NC(=O)c1ccc(F)cc1)C(F)(F)F. The number of carbonyl (C=O) groups excluding carboxylic acids is 2. The third-order valence-electron chi connectivity index (χ3n) is 1.95. The molecule has 0 unspecified atom stereocenters. The van der Waals surface area contributed by atoms with Gasteiger partial charge in [0.15, 0.2) is 0 Å². The highest BCUT2D eigenvalue weighted by atomic mass is 19.4. The van der Waals surface area contributed by atoms with Crippen LogP contribution in [0.1, 0.15) is 10.4 Å². The van der Waals surface area contributed by atoms with Crippen molar-refractivity contribution in [3.63, 3.8) is 0 Å². The van der Waals surface area contributed by atoms with Crippen molar-refractivity contribution in [2.75, 3.05) is 7.11 Å². The Bertz CT molecular complexity index is 520. The van der Waals surface area contributed by atoms with Crippen LogP contribution in [0.4, 0.5) is 17.6 Å². The number of ether oxygens (including phenoxy) is 1. The summed E-state index contributed by atoms with van der Waals surface area (Å²) < 4.78 is 53.8. The molecule has 0 atom stereocenters. The first-order valence-corrected chi connectivity index (χ1v) is 4.80. The Morgan fingerprint density at radius 2 is 1.68 bits per heavy atom. The number of alkyl halides is 3. The second kappa shape index (κ2) is 5.59. The first-order valence-electron chi connectivity index (χ1n) is 4.80. The summed E-state index contributed by atoms with van der Waals surface area (Å²) in [5.41, 5.74) is -2.25. The van der Waals surface area contributed by atoms with Gasteiger partial charge in [-0.1, -0.05) is 0 Å². The Balaban J connectivity index is 3.12. The summed E-state index contributed by atoms with van der Waals surface area (Å²) in [5, 5.41) is 0. The van der Waals surface area contributed by atoms with Crippen LogP contribution in [-0.4, -0.2) is 30.9 Å². The van der Waals surface area contributed by atoms with E-state index < -0.39 is 29.6 Å². The molecule has 0 heterocycles. The maximum absolute atomic E-state index is 12.6. The number of nitrogens with zero attached hydrogens (tertiary/aromatic N) is 1. The lowest BCUT2D eigenvalue weighted by Gasteiger charge is -2.07. The molecule has 0 aliphatic rings. The van der Waals surface area contributed by atoms with E-state index in [1.807, 2.05) is 0 Å². The predicted octanol–water partition coefficient (Wildman–Crippen LogP) is 2.14. The van der Waals surface area contributed by atoms with Gasteiger partial charge in [0.25, 0.3) is 5.91 Å². The number of aliphatic imine (C=N–C) groups is 1. The molecule has 1 aromatic carbocycles. The van der Waals surface area contributed by atoms with E-state index >= 15 is 0 Å². The number of hydrogen-bond donors (Lipinski definition) is 0. The van der Waals surface area contributed by atoms with Gasteiger partial charge in [0, 0.05) is 5.56 Å². The molecule has 0 radical (unpaired) electrons. The molecule has 0 saturated heterocycles. The molecule has 0 aliphatic heterocycles. The monoisotopic (exact) mass is 277 g/mol. The number of hydrogen-bond acceptors (Lipinski definition) is 3. The fraction of sp³-hybridized carbons (Fsp3) is 0.182. The number of esters is 1. The molecular formula is C11H7F4NO3. The Kier molecular flexibility index (Phi) is 4.36. The smallest absolute Gasteiger partial charge is 0.440 e. The van der Waals surface area contributed by atoms with E-state index in [1.54, 1.807) is 0 Å². The summed E-state index contributed by atoms with van der Waals surface area (Å²) in [7, 11) is 0.728. The van der Waals surface area contributed by atoms with Gasteiger partial charge in [-0.15, -0.1) is 0 Å². The summed E-state index contributed by atoms with van der Waals surface area (Å²) in [6, 6.07) is 3.67. The highest BCUT2D eigenvalue weighted by molar-refractivity contribution is 6.40. The Hall–Kier alpha value is -2.25.